The van der Waals surface area contributed by atoms with Crippen LogP contribution >= 0.6 is 11.6 Å². The third kappa shape index (κ3) is 7.53. The smallest absolute Gasteiger partial charge is 0.435 e. The summed E-state index contributed by atoms with van der Waals surface area (Å²) in [6.45, 7) is 0.678. The van der Waals surface area contributed by atoms with Crippen molar-refractivity contribution in [2.75, 3.05) is 44.6 Å². The molecule has 1 aromatic carbocycles. The van der Waals surface area contributed by atoms with Crippen molar-refractivity contribution >= 4 is 46.8 Å². The Hall–Kier alpha value is -6.09. The minimum atomic E-state index is -4.93. The molecule has 284 valence electrons. The third-order valence-electron chi connectivity index (χ3n) is 9.13. The first-order valence-corrected chi connectivity index (χ1v) is 16.6. The molecule has 0 saturated carbocycles. The quantitative estimate of drug-likeness (QED) is 0.183. The van der Waals surface area contributed by atoms with E-state index in [4.69, 9.17) is 16.7 Å². The third-order valence-corrected chi connectivity index (χ3v) is 9.45. The molecule has 0 radical (unpaired) electrons. The fraction of sp³-hybridized carbons (Fsp3) is 0.344. The maximum atomic E-state index is 14.1. The normalized spacial score (nSPS) is 17.7. The Morgan fingerprint density at radius 2 is 1.70 bits per heavy atom. The van der Waals surface area contributed by atoms with Crippen LogP contribution in [0.3, 0.4) is 0 Å². The topological polar surface area (TPSA) is 222 Å². The summed E-state index contributed by atoms with van der Waals surface area (Å²) in [5.74, 6) is -2.70. The van der Waals surface area contributed by atoms with Gasteiger partial charge in [-0.2, -0.15) is 18.3 Å². The van der Waals surface area contributed by atoms with E-state index in [1.54, 1.807) is 0 Å². The largest absolute Gasteiger partial charge is 0.465 e. The number of carbonyl (C=O) groups excluding carboxylic acids is 3. The van der Waals surface area contributed by atoms with Gasteiger partial charge in [-0.1, -0.05) is 11.6 Å². The summed E-state index contributed by atoms with van der Waals surface area (Å²) in [7, 11) is 1.32. The number of aliphatic hydroxyl groups is 1. The van der Waals surface area contributed by atoms with E-state index in [1.165, 1.54) is 35.0 Å². The van der Waals surface area contributed by atoms with E-state index >= 15 is 0 Å². The van der Waals surface area contributed by atoms with Gasteiger partial charge in [0.1, 0.15) is 6.20 Å². The molecular formula is C32H30ClF3N10O8. The number of β-amino-alcohol motifs (C(OH)–C–C–N with tert-alkyl or cyclic N) is 1. The number of imidazole rings is 1. The number of aromatic nitrogens is 5. The lowest BCUT2D eigenvalue weighted by Gasteiger charge is -2.39. The summed E-state index contributed by atoms with van der Waals surface area (Å²) in [4.78, 5) is 73.0. The second-order valence-electron chi connectivity index (χ2n) is 12.4. The molecule has 5 heterocycles. The molecule has 2 fully saturated rings. The van der Waals surface area contributed by atoms with Gasteiger partial charge in [0.05, 0.1) is 51.5 Å². The van der Waals surface area contributed by atoms with E-state index in [-0.39, 0.29) is 90.9 Å². The van der Waals surface area contributed by atoms with Gasteiger partial charge < -0.3 is 34.8 Å². The van der Waals surface area contributed by atoms with E-state index < -0.39 is 52.3 Å². The molecule has 2 saturated heterocycles. The first-order valence-electron chi connectivity index (χ1n) is 16.2. The highest BCUT2D eigenvalue weighted by molar-refractivity contribution is 6.34. The Morgan fingerprint density at radius 1 is 1.00 bits per heavy atom. The van der Waals surface area contributed by atoms with Crippen LogP contribution in [0.5, 0.6) is 0 Å². The van der Waals surface area contributed by atoms with Crippen molar-refractivity contribution in [3.63, 3.8) is 0 Å². The first kappa shape index (κ1) is 37.7. The van der Waals surface area contributed by atoms with E-state index in [2.05, 4.69) is 20.4 Å². The number of nitro groups is 1. The minimum Gasteiger partial charge on any atom is -0.465 e. The van der Waals surface area contributed by atoms with E-state index in [0.29, 0.717) is 0 Å². The summed E-state index contributed by atoms with van der Waals surface area (Å²) in [6.07, 6.45) is -4.11. The van der Waals surface area contributed by atoms with E-state index in [9.17, 15) is 47.6 Å². The number of amides is 4. The average molecular weight is 775 g/mol. The zero-order valence-electron chi connectivity index (χ0n) is 28.1. The van der Waals surface area contributed by atoms with Crippen molar-refractivity contribution in [2.45, 2.75) is 18.7 Å². The molecule has 2 aliphatic heterocycles. The number of piperidine rings is 1. The molecule has 0 aliphatic carbocycles. The molecule has 0 spiro atoms. The molecule has 2 aliphatic rings. The van der Waals surface area contributed by atoms with Gasteiger partial charge in [0.2, 0.25) is 5.91 Å². The van der Waals surface area contributed by atoms with Crippen molar-refractivity contribution in [3.8, 4) is 17.1 Å². The number of carboxylic acid groups (broad SMARTS) is 1. The zero-order valence-corrected chi connectivity index (χ0v) is 28.9. The first-order chi connectivity index (χ1) is 25.5. The molecule has 4 aromatic rings. The molecule has 3 aromatic heterocycles. The molecule has 54 heavy (non-hydrogen) atoms. The van der Waals surface area contributed by atoms with Gasteiger partial charge in [0, 0.05) is 57.7 Å². The van der Waals surface area contributed by atoms with Crippen LogP contribution in [0.2, 0.25) is 5.02 Å². The summed E-state index contributed by atoms with van der Waals surface area (Å²) >= 11 is 6.44. The second kappa shape index (κ2) is 14.7. The highest BCUT2D eigenvalue weighted by Gasteiger charge is 2.40. The van der Waals surface area contributed by atoms with Crippen LogP contribution in [0.15, 0.2) is 48.9 Å². The number of benzene rings is 1. The molecule has 22 heteroatoms. The predicted molar refractivity (Wildman–Crippen MR) is 181 cm³/mol. The SMILES string of the molecule is Cn1c(-c2cn(-c3ccc([N+](=O)[O-])cn3)nc2C(F)(F)F)cnc1C(=O)Nc1ccc(C(=O)N2CCN(C(=O)[C@@H]3CCN(C(=O)O)C[C@H]3O)CC2)c(Cl)c1. The van der Waals surface area contributed by atoms with Gasteiger partial charge in [-0.05, 0) is 30.7 Å². The number of rotatable bonds is 7. The highest BCUT2D eigenvalue weighted by Crippen LogP contribution is 2.37. The molecule has 2 atom stereocenters. The number of halogens is 4. The Morgan fingerprint density at radius 3 is 2.30 bits per heavy atom. The lowest BCUT2D eigenvalue weighted by atomic mass is 9.92. The van der Waals surface area contributed by atoms with Crippen LogP contribution < -0.4 is 5.32 Å². The number of nitrogens with one attached hydrogen (secondary N) is 1. The Bertz CT molecular complexity index is 2130. The van der Waals surface area contributed by atoms with Gasteiger partial charge in [0.25, 0.3) is 17.5 Å². The van der Waals surface area contributed by atoms with Crippen molar-refractivity contribution in [3.05, 3.63) is 81.1 Å². The average Bonchev–Trinajstić information content (AvgIpc) is 3.75. The number of piperazine rings is 1. The minimum absolute atomic E-state index is 0.00719. The van der Waals surface area contributed by atoms with Crippen LogP contribution in [-0.4, -0.2) is 123 Å². The standard InChI is InChI=1S/C32H30ClF3N10O8/c1-41-23(21-15-45(40-26(21)32(34,35)36)25-5-3-18(13-37-25)46(53)54)14-38-27(41)28(48)39-17-2-4-19(22(33)12-17)29(49)42-8-10-43(11-9-42)30(50)20-6-7-44(31(51)52)16-24(20)47/h2-5,12-15,20,24,47H,6-11,16H2,1H3,(H,39,48)(H,51,52)/t20-,24-/m1/s1. The number of alkyl halides is 3. The maximum Gasteiger partial charge on any atom is 0.435 e. The van der Waals surface area contributed by atoms with Gasteiger partial charge in [-0.25, -0.2) is 19.4 Å². The van der Waals surface area contributed by atoms with Crippen molar-refractivity contribution in [1.82, 2.24) is 39.0 Å². The number of likely N-dealkylation sites (tertiary alicyclic amines) is 1. The summed E-state index contributed by atoms with van der Waals surface area (Å²) in [5.41, 5.74) is -1.97. The lowest BCUT2D eigenvalue weighted by molar-refractivity contribution is -0.385. The molecule has 3 N–H and O–H groups in total. The van der Waals surface area contributed by atoms with Crippen LogP contribution in [0, 0.1) is 16.0 Å². The number of hydrogen-bond acceptors (Lipinski definition) is 10. The monoisotopic (exact) mass is 774 g/mol. The summed E-state index contributed by atoms with van der Waals surface area (Å²) < 4.78 is 44.1. The molecule has 4 amide bonds. The second-order valence-corrected chi connectivity index (χ2v) is 12.9. The fourth-order valence-electron chi connectivity index (χ4n) is 6.26. The van der Waals surface area contributed by atoms with Crippen LogP contribution in [0.25, 0.3) is 17.1 Å². The maximum absolute atomic E-state index is 14.1. The van der Waals surface area contributed by atoms with E-state index in [0.717, 1.165) is 44.9 Å². The number of anilines is 1. The number of pyridine rings is 1. The van der Waals surface area contributed by atoms with E-state index in [1.807, 2.05) is 0 Å². The summed E-state index contributed by atoms with van der Waals surface area (Å²) in [5, 5.41) is 36.6. The molecule has 6 rings (SSSR count). The van der Waals surface area contributed by atoms with Crippen molar-refractivity contribution < 1.29 is 47.5 Å². The van der Waals surface area contributed by atoms with Gasteiger partial charge in [0.15, 0.2) is 17.3 Å². The Labute approximate surface area is 307 Å². The van der Waals surface area contributed by atoms with Crippen molar-refractivity contribution in [2.24, 2.45) is 13.0 Å². The molecule has 0 unspecified atom stereocenters. The number of nitrogens with zero attached hydrogens (tertiary/aromatic N) is 9. The number of hydrogen-bond donors (Lipinski definition) is 3. The van der Waals surface area contributed by atoms with Gasteiger partial charge in [-0.15, -0.1) is 0 Å². The highest BCUT2D eigenvalue weighted by atomic mass is 35.5. The molecular weight excluding hydrogens is 745 g/mol. The summed E-state index contributed by atoms with van der Waals surface area (Å²) in [6, 6.07) is 6.33. The number of carbonyl (C=O) groups is 4. The van der Waals surface area contributed by atoms with Crippen LogP contribution in [0.1, 0.15) is 33.1 Å². The van der Waals surface area contributed by atoms with Gasteiger partial charge >= 0.3 is 12.3 Å². The Kier molecular flexibility index (Phi) is 10.3. The van der Waals surface area contributed by atoms with Crippen molar-refractivity contribution in [1.29, 1.82) is 0 Å². The van der Waals surface area contributed by atoms with Crippen LogP contribution in [0.4, 0.5) is 29.3 Å². The van der Waals surface area contributed by atoms with Crippen LogP contribution in [-0.2, 0) is 18.0 Å². The number of aliphatic hydroxyl groups excluding tert-OH is 1. The molecule has 18 nitrogen and oxygen atoms in total. The lowest BCUT2D eigenvalue weighted by Crippen LogP contribution is -2.56. The zero-order chi connectivity index (χ0) is 39.1. The van der Waals surface area contributed by atoms with Gasteiger partial charge in [-0.3, -0.25) is 24.5 Å². The molecule has 0 bridgehead atoms. The fourth-order valence-corrected chi connectivity index (χ4v) is 6.52. The predicted octanol–water partition coefficient (Wildman–Crippen LogP) is 3.15. The Balaban J connectivity index is 1.11.